The number of nitrogens with one attached hydrogen (secondary N) is 1. The van der Waals surface area contributed by atoms with Gasteiger partial charge in [0.05, 0.1) is 11.3 Å². The van der Waals surface area contributed by atoms with Crippen molar-refractivity contribution in [2.24, 2.45) is 5.10 Å². The van der Waals surface area contributed by atoms with Gasteiger partial charge in [0.1, 0.15) is 0 Å². The zero-order valence-corrected chi connectivity index (χ0v) is 13.9. The number of hydrogen-bond donors (Lipinski definition) is 1. The fourth-order valence-electron chi connectivity index (χ4n) is 1.62. The Hall–Kier alpha value is -1.46. The van der Waals surface area contributed by atoms with Gasteiger partial charge in [0.25, 0.3) is 5.91 Å². The zero-order valence-electron chi connectivity index (χ0n) is 10.7. The van der Waals surface area contributed by atoms with Gasteiger partial charge in [-0.15, -0.1) is 0 Å². The van der Waals surface area contributed by atoms with E-state index in [-0.39, 0.29) is 5.91 Å². The molecule has 102 valence electrons. The summed E-state index contributed by atoms with van der Waals surface area (Å²) < 4.78 is 1.72. The molecule has 5 heteroatoms. The first-order valence-corrected chi connectivity index (χ1v) is 7.51. The second kappa shape index (κ2) is 6.81. The van der Waals surface area contributed by atoms with E-state index in [1.807, 2.05) is 49.4 Å². The molecule has 3 nitrogen and oxygen atoms in total. The van der Waals surface area contributed by atoms with Crippen LogP contribution >= 0.6 is 31.9 Å². The smallest absolute Gasteiger partial charge is 0.267 e. The minimum atomic E-state index is -0.244. The average molecular weight is 396 g/mol. The Balaban J connectivity index is 2.13. The van der Waals surface area contributed by atoms with Crippen molar-refractivity contribution in [1.82, 2.24) is 5.43 Å². The van der Waals surface area contributed by atoms with Crippen LogP contribution in [0.1, 0.15) is 22.8 Å². The maximum absolute atomic E-state index is 12.0. The molecule has 0 radical (unpaired) electrons. The molecule has 0 bridgehead atoms. The van der Waals surface area contributed by atoms with Crippen LogP contribution in [0, 0.1) is 0 Å². The molecule has 0 fully saturated rings. The summed E-state index contributed by atoms with van der Waals surface area (Å²) in [6, 6.07) is 15.0. The van der Waals surface area contributed by atoms with Crippen molar-refractivity contribution < 1.29 is 4.79 Å². The van der Waals surface area contributed by atoms with E-state index in [0.29, 0.717) is 5.56 Å². The Kier molecular flexibility index (Phi) is 5.09. The Morgan fingerprint density at radius 1 is 1.10 bits per heavy atom. The van der Waals surface area contributed by atoms with Crippen molar-refractivity contribution in [3.63, 3.8) is 0 Å². The summed E-state index contributed by atoms with van der Waals surface area (Å²) in [6.45, 7) is 1.85. The highest BCUT2D eigenvalue weighted by atomic mass is 79.9. The first kappa shape index (κ1) is 14.9. The average Bonchev–Trinajstić information content (AvgIpc) is 2.45. The van der Waals surface area contributed by atoms with Crippen LogP contribution in [-0.4, -0.2) is 11.6 Å². The van der Waals surface area contributed by atoms with Gasteiger partial charge in [0.15, 0.2) is 0 Å². The van der Waals surface area contributed by atoms with Crippen LogP contribution in [0.2, 0.25) is 0 Å². The molecule has 0 heterocycles. The lowest BCUT2D eigenvalue weighted by Gasteiger charge is -2.05. The first-order valence-electron chi connectivity index (χ1n) is 5.93. The van der Waals surface area contributed by atoms with E-state index >= 15 is 0 Å². The molecular weight excluding hydrogens is 384 g/mol. The molecule has 0 aliphatic rings. The lowest BCUT2D eigenvalue weighted by Crippen LogP contribution is -2.19. The van der Waals surface area contributed by atoms with Gasteiger partial charge in [-0.2, -0.15) is 5.10 Å². The van der Waals surface area contributed by atoms with Crippen LogP contribution in [0.4, 0.5) is 0 Å². The van der Waals surface area contributed by atoms with Gasteiger partial charge < -0.3 is 0 Å². The van der Waals surface area contributed by atoms with Crippen molar-refractivity contribution in [2.75, 3.05) is 0 Å². The minimum absolute atomic E-state index is 0.244. The molecule has 2 rings (SSSR count). The molecule has 0 aromatic heterocycles. The highest BCUT2D eigenvalue weighted by Gasteiger charge is 2.08. The molecule has 0 aliphatic carbocycles. The summed E-state index contributed by atoms with van der Waals surface area (Å²) in [5.41, 5.74) is 4.81. The van der Waals surface area contributed by atoms with Crippen LogP contribution in [0.25, 0.3) is 0 Å². The van der Waals surface area contributed by atoms with Crippen LogP contribution < -0.4 is 5.43 Å². The largest absolute Gasteiger partial charge is 0.272 e. The quantitative estimate of drug-likeness (QED) is 0.608. The van der Waals surface area contributed by atoms with Crippen LogP contribution in [0.5, 0.6) is 0 Å². The van der Waals surface area contributed by atoms with Crippen LogP contribution in [0.15, 0.2) is 62.6 Å². The third-order valence-corrected chi connectivity index (χ3v) is 3.87. The summed E-state index contributed by atoms with van der Waals surface area (Å²) in [5, 5.41) is 4.13. The number of halogens is 2. The fraction of sp³-hybridized carbons (Fsp3) is 0.0667. The van der Waals surface area contributed by atoms with E-state index in [0.717, 1.165) is 20.2 Å². The highest BCUT2D eigenvalue weighted by molar-refractivity contribution is 9.10. The second-order valence-electron chi connectivity index (χ2n) is 4.13. The Morgan fingerprint density at radius 2 is 1.85 bits per heavy atom. The number of hydrogen-bond acceptors (Lipinski definition) is 2. The molecule has 1 N–H and O–H groups in total. The highest BCUT2D eigenvalue weighted by Crippen LogP contribution is 2.16. The standard InChI is InChI=1S/C15H12Br2N2O/c1-10(11-5-4-6-12(16)9-11)18-19-15(20)13-7-2-3-8-14(13)17/h2-9H,1H3,(H,19,20). The molecule has 2 aromatic rings. The van der Waals surface area contributed by atoms with Gasteiger partial charge in [-0.1, -0.05) is 40.2 Å². The molecule has 0 aliphatic heterocycles. The molecule has 0 spiro atoms. The van der Waals surface area contributed by atoms with Gasteiger partial charge >= 0.3 is 0 Å². The predicted molar refractivity (Wildman–Crippen MR) is 88.0 cm³/mol. The fourth-order valence-corrected chi connectivity index (χ4v) is 2.48. The molecule has 0 saturated heterocycles. The normalized spacial score (nSPS) is 11.2. The van der Waals surface area contributed by atoms with Gasteiger partial charge in [0.2, 0.25) is 0 Å². The van der Waals surface area contributed by atoms with Gasteiger partial charge in [0, 0.05) is 8.95 Å². The predicted octanol–water partition coefficient (Wildman–Crippen LogP) is 4.37. The first-order chi connectivity index (χ1) is 9.58. The number of amides is 1. The minimum Gasteiger partial charge on any atom is -0.267 e. The van der Waals surface area contributed by atoms with E-state index in [2.05, 4.69) is 42.4 Å². The van der Waals surface area contributed by atoms with Crippen molar-refractivity contribution in [2.45, 2.75) is 6.92 Å². The monoisotopic (exact) mass is 394 g/mol. The summed E-state index contributed by atoms with van der Waals surface area (Å²) in [5.74, 6) is -0.244. The van der Waals surface area contributed by atoms with E-state index in [9.17, 15) is 4.79 Å². The molecular formula is C15H12Br2N2O. The van der Waals surface area contributed by atoms with Crippen LogP contribution in [0.3, 0.4) is 0 Å². The maximum atomic E-state index is 12.0. The van der Waals surface area contributed by atoms with E-state index < -0.39 is 0 Å². The summed E-state index contributed by atoms with van der Waals surface area (Å²) in [7, 11) is 0. The van der Waals surface area contributed by atoms with Crippen molar-refractivity contribution in [3.05, 3.63) is 68.6 Å². The topological polar surface area (TPSA) is 41.5 Å². The van der Waals surface area contributed by atoms with Crippen LogP contribution in [-0.2, 0) is 0 Å². The van der Waals surface area contributed by atoms with Gasteiger partial charge in [-0.25, -0.2) is 5.43 Å². The molecule has 0 unspecified atom stereocenters. The molecule has 1 amide bonds. The zero-order chi connectivity index (χ0) is 14.5. The van der Waals surface area contributed by atoms with Gasteiger partial charge in [-0.3, -0.25) is 4.79 Å². The van der Waals surface area contributed by atoms with Crippen molar-refractivity contribution in [3.8, 4) is 0 Å². The van der Waals surface area contributed by atoms with E-state index in [1.165, 1.54) is 0 Å². The van der Waals surface area contributed by atoms with E-state index in [4.69, 9.17) is 0 Å². The van der Waals surface area contributed by atoms with Crippen molar-refractivity contribution >= 4 is 43.5 Å². The van der Waals surface area contributed by atoms with Gasteiger partial charge in [-0.05, 0) is 52.7 Å². The lowest BCUT2D eigenvalue weighted by molar-refractivity contribution is 0.0954. The third kappa shape index (κ3) is 3.77. The number of carbonyl (C=O) groups excluding carboxylic acids is 1. The number of carbonyl (C=O) groups is 1. The SMILES string of the molecule is CC(=NNC(=O)c1ccccc1Br)c1cccc(Br)c1. The lowest BCUT2D eigenvalue weighted by atomic mass is 10.1. The summed E-state index contributed by atoms with van der Waals surface area (Å²) in [6.07, 6.45) is 0. The number of nitrogens with zero attached hydrogens (tertiary/aromatic N) is 1. The Morgan fingerprint density at radius 3 is 2.55 bits per heavy atom. The molecule has 2 aromatic carbocycles. The number of hydrazone groups is 1. The molecule has 0 atom stereocenters. The molecule has 0 saturated carbocycles. The number of rotatable bonds is 3. The Labute approximate surface area is 134 Å². The summed E-state index contributed by atoms with van der Waals surface area (Å²) in [4.78, 5) is 12.0. The third-order valence-electron chi connectivity index (χ3n) is 2.69. The van der Waals surface area contributed by atoms with Crippen molar-refractivity contribution in [1.29, 1.82) is 0 Å². The summed E-state index contributed by atoms with van der Waals surface area (Å²) >= 11 is 6.75. The molecule has 20 heavy (non-hydrogen) atoms. The van der Waals surface area contributed by atoms with E-state index in [1.54, 1.807) is 6.07 Å². The maximum Gasteiger partial charge on any atom is 0.272 e. The second-order valence-corrected chi connectivity index (χ2v) is 5.90. The number of benzene rings is 2. The Bertz CT molecular complexity index is 668.